The number of nitrogens with zero attached hydrogens (tertiary/aromatic N) is 1. The summed E-state index contributed by atoms with van der Waals surface area (Å²) in [5, 5.41) is 0. The third-order valence-corrected chi connectivity index (χ3v) is 3.63. The Balaban J connectivity index is 2.29. The number of hydrogen-bond donors (Lipinski definition) is 1. The number of methoxy groups -OCH3 is 2. The minimum atomic E-state index is -0.0482. The summed E-state index contributed by atoms with van der Waals surface area (Å²) in [7, 11) is 3.24. The van der Waals surface area contributed by atoms with Gasteiger partial charge in [0, 0.05) is 17.8 Å². The van der Waals surface area contributed by atoms with E-state index < -0.39 is 0 Å². The highest BCUT2D eigenvalue weighted by molar-refractivity contribution is 5.71. The van der Waals surface area contributed by atoms with Crippen molar-refractivity contribution in [2.24, 2.45) is 0 Å². The van der Waals surface area contributed by atoms with Crippen LogP contribution in [0, 0.1) is 6.92 Å². The summed E-state index contributed by atoms with van der Waals surface area (Å²) in [4.78, 5) is 14.7. The normalized spacial score (nSPS) is 12.8. The quantitative estimate of drug-likeness (QED) is 0.894. The summed E-state index contributed by atoms with van der Waals surface area (Å²) in [6, 6.07) is 3.94. The molecule has 2 heterocycles. The van der Waals surface area contributed by atoms with Crippen LogP contribution in [0.1, 0.15) is 11.3 Å². The Morgan fingerprint density at radius 2 is 1.89 bits per heavy atom. The van der Waals surface area contributed by atoms with Crippen molar-refractivity contribution < 1.29 is 9.47 Å². The second-order valence-corrected chi connectivity index (χ2v) is 4.67. The summed E-state index contributed by atoms with van der Waals surface area (Å²) >= 11 is 0. The number of fused-ring (bicyclic) bond motifs is 3. The topological polar surface area (TPSA) is 56.2 Å². The second-order valence-electron chi connectivity index (χ2n) is 4.67. The van der Waals surface area contributed by atoms with E-state index in [1.807, 2.05) is 19.1 Å². The highest BCUT2D eigenvalue weighted by Crippen LogP contribution is 2.38. The van der Waals surface area contributed by atoms with Gasteiger partial charge in [-0.05, 0) is 31.0 Å². The number of aryl methyl sites for hydroxylation is 2. The average Bonchev–Trinajstić information content (AvgIpc) is 2.72. The fourth-order valence-corrected chi connectivity index (χ4v) is 2.73. The van der Waals surface area contributed by atoms with Crippen molar-refractivity contribution in [2.45, 2.75) is 19.9 Å². The molecule has 3 rings (SSSR count). The molecule has 0 radical (unpaired) electrons. The smallest absolute Gasteiger partial charge is 0.326 e. The van der Waals surface area contributed by atoms with Gasteiger partial charge < -0.3 is 14.5 Å². The molecule has 1 aromatic heterocycles. The first-order chi connectivity index (χ1) is 9.15. The van der Waals surface area contributed by atoms with Crippen LogP contribution in [0.5, 0.6) is 11.5 Å². The molecule has 0 aliphatic carbocycles. The van der Waals surface area contributed by atoms with Gasteiger partial charge in [-0.15, -0.1) is 0 Å². The number of ether oxygens (including phenoxy) is 2. The van der Waals surface area contributed by atoms with Crippen LogP contribution in [0.3, 0.4) is 0 Å². The number of benzene rings is 1. The largest absolute Gasteiger partial charge is 0.493 e. The Morgan fingerprint density at radius 1 is 1.21 bits per heavy atom. The van der Waals surface area contributed by atoms with E-state index in [0.717, 1.165) is 29.1 Å². The van der Waals surface area contributed by atoms with Crippen molar-refractivity contribution in [1.29, 1.82) is 0 Å². The van der Waals surface area contributed by atoms with Gasteiger partial charge in [0.2, 0.25) is 0 Å². The number of hydrogen-bond acceptors (Lipinski definition) is 3. The molecule has 5 nitrogen and oxygen atoms in total. The van der Waals surface area contributed by atoms with Gasteiger partial charge in [-0.3, -0.25) is 4.57 Å². The molecule has 1 aromatic carbocycles. The third-order valence-electron chi connectivity index (χ3n) is 3.63. The Morgan fingerprint density at radius 3 is 2.58 bits per heavy atom. The molecule has 0 amide bonds. The minimum absolute atomic E-state index is 0.0482. The Bertz CT molecular complexity index is 697. The van der Waals surface area contributed by atoms with E-state index in [0.29, 0.717) is 12.3 Å². The van der Waals surface area contributed by atoms with Gasteiger partial charge in [-0.25, -0.2) is 4.79 Å². The van der Waals surface area contributed by atoms with E-state index >= 15 is 0 Å². The lowest BCUT2D eigenvalue weighted by atomic mass is 9.96. The molecule has 0 atom stereocenters. The molecule has 5 heteroatoms. The molecule has 0 unspecified atom stereocenters. The van der Waals surface area contributed by atoms with E-state index in [-0.39, 0.29) is 5.69 Å². The number of nitrogens with one attached hydrogen (secondary N) is 1. The SMILES string of the molecule is COc1cc2c(cc1OC)-c1c(C)[nH]c(=O)n1CC2. The molecule has 100 valence electrons. The van der Waals surface area contributed by atoms with Crippen LogP contribution in [0.4, 0.5) is 0 Å². The molecule has 0 saturated carbocycles. The van der Waals surface area contributed by atoms with Gasteiger partial charge in [-0.1, -0.05) is 0 Å². The van der Waals surface area contributed by atoms with Crippen LogP contribution in [0.2, 0.25) is 0 Å². The van der Waals surface area contributed by atoms with E-state index in [1.165, 1.54) is 5.56 Å². The number of aromatic amines is 1. The fraction of sp³-hybridized carbons (Fsp3) is 0.357. The first kappa shape index (κ1) is 11.9. The van der Waals surface area contributed by atoms with Gasteiger partial charge in [0.15, 0.2) is 11.5 Å². The lowest BCUT2D eigenvalue weighted by molar-refractivity contribution is 0.354. The molecular formula is C14H16N2O3. The van der Waals surface area contributed by atoms with Crippen molar-refractivity contribution >= 4 is 0 Å². The molecule has 1 N–H and O–H groups in total. The maximum Gasteiger partial charge on any atom is 0.326 e. The average molecular weight is 260 g/mol. The molecular weight excluding hydrogens is 244 g/mol. The molecule has 0 spiro atoms. The van der Waals surface area contributed by atoms with Crippen molar-refractivity contribution in [3.05, 3.63) is 33.9 Å². The fourth-order valence-electron chi connectivity index (χ4n) is 2.73. The van der Waals surface area contributed by atoms with Crippen molar-refractivity contribution in [1.82, 2.24) is 9.55 Å². The standard InChI is InChI=1S/C14H16N2O3/c1-8-13-10-7-12(19-3)11(18-2)6-9(10)4-5-16(13)14(17)15-8/h6-7H,4-5H2,1-3H3,(H,15,17). The van der Waals surface area contributed by atoms with E-state index in [4.69, 9.17) is 9.47 Å². The molecule has 2 aromatic rings. The zero-order valence-corrected chi connectivity index (χ0v) is 11.2. The summed E-state index contributed by atoms with van der Waals surface area (Å²) in [5.74, 6) is 1.41. The Hall–Kier alpha value is -2.17. The zero-order chi connectivity index (χ0) is 13.6. The van der Waals surface area contributed by atoms with Gasteiger partial charge in [0.25, 0.3) is 0 Å². The van der Waals surface area contributed by atoms with E-state index in [9.17, 15) is 4.79 Å². The lowest BCUT2D eigenvalue weighted by Crippen LogP contribution is -2.22. The molecule has 1 aliphatic rings. The summed E-state index contributed by atoms with van der Waals surface area (Å²) < 4.78 is 12.4. The minimum Gasteiger partial charge on any atom is -0.493 e. The summed E-state index contributed by atoms with van der Waals surface area (Å²) in [6.45, 7) is 2.61. The van der Waals surface area contributed by atoms with Crippen LogP contribution in [0.15, 0.2) is 16.9 Å². The first-order valence-corrected chi connectivity index (χ1v) is 6.20. The number of H-pyrrole nitrogens is 1. The number of aromatic nitrogens is 2. The van der Waals surface area contributed by atoms with Crippen LogP contribution < -0.4 is 15.2 Å². The van der Waals surface area contributed by atoms with Crippen LogP contribution in [0.25, 0.3) is 11.3 Å². The lowest BCUT2D eigenvalue weighted by Gasteiger charge is -2.21. The van der Waals surface area contributed by atoms with E-state index in [1.54, 1.807) is 18.8 Å². The summed E-state index contributed by atoms with van der Waals surface area (Å²) in [6.07, 6.45) is 0.819. The van der Waals surface area contributed by atoms with Gasteiger partial charge in [0.05, 0.1) is 19.9 Å². The number of imidazole rings is 1. The monoisotopic (exact) mass is 260 g/mol. The maximum absolute atomic E-state index is 11.8. The Kier molecular flexibility index (Phi) is 2.62. The Labute approximate surface area is 110 Å². The highest BCUT2D eigenvalue weighted by Gasteiger charge is 2.23. The van der Waals surface area contributed by atoms with Gasteiger partial charge >= 0.3 is 5.69 Å². The first-order valence-electron chi connectivity index (χ1n) is 6.20. The van der Waals surface area contributed by atoms with Gasteiger partial charge in [0.1, 0.15) is 0 Å². The highest BCUT2D eigenvalue weighted by atomic mass is 16.5. The van der Waals surface area contributed by atoms with E-state index in [2.05, 4.69) is 4.98 Å². The molecule has 0 bridgehead atoms. The molecule has 1 aliphatic heterocycles. The molecule has 0 fully saturated rings. The third kappa shape index (κ3) is 1.65. The predicted octanol–water partition coefficient (Wildman–Crippen LogP) is 1.73. The van der Waals surface area contributed by atoms with Crippen molar-refractivity contribution in [2.75, 3.05) is 14.2 Å². The molecule has 19 heavy (non-hydrogen) atoms. The van der Waals surface area contributed by atoms with Crippen molar-refractivity contribution in [3.63, 3.8) is 0 Å². The van der Waals surface area contributed by atoms with Gasteiger partial charge in [-0.2, -0.15) is 0 Å². The number of rotatable bonds is 2. The molecule has 0 saturated heterocycles. The predicted molar refractivity (Wildman–Crippen MR) is 72.0 cm³/mol. The van der Waals surface area contributed by atoms with Crippen LogP contribution in [-0.4, -0.2) is 23.8 Å². The zero-order valence-electron chi connectivity index (χ0n) is 11.2. The maximum atomic E-state index is 11.8. The van der Waals surface area contributed by atoms with Crippen LogP contribution >= 0.6 is 0 Å². The van der Waals surface area contributed by atoms with Crippen molar-refractivity contribution in [3.8, 4) is 22.8 Å². The van der Waals surface area contributed by atoms with Crippen LogP contribution in [-0.2, 0) is 13.0 Å². The second kappa shape index (κ2) is 4.19. The summed E-state index contributed by atoms with van der Waals surface area (Å²) in [5.41, 5.74) is 4.01.